The number of nitrogens with zero attached hydrogens (tertiary/aromatic N) is 2. The second-order valence-electron chi connectivity index (χ2n) is 4.93. The Morgan fingerprint density at radius 3 is 2.30 bits per heavy atom. The van der Waals surface area contributed by atoms with Crippen molar-refractivity contribution in [1.29, 1.82) is 0 Å². The summed E-state index contributed by atoms with van der Waals surface area (Å²) >= 11 is 0. The topological polar surface area (TPSA) is 49.6 Å². The van der Waals surface area contributed by atoms with E-state index in [1.54, 1.807) is 0 Å². The normalized spacial score (nSPS) is 12.4. The molecule has 0 saturated carbocycles. The molecule has 0 saturated heterocycles. The van der Waals surface area contributed by atoms with Crippen LogP contribution in [0.1, 0.15) is 26.3 Å². The average Bonchev–Trinajstić information content (AvgIpc) is 2.48. The highest BCUT2D eigenvalue weighted by Gasteiger charge is 2.24. The lowest BCUT2D eigenvalue weighted by Crippen LogP contribution is -2.48. The van der Waals surface area contributed by atoms with Crippen LogP contribution in [-0.4, -0.2) is 47.9 Å². The molecule has 1 unspecified atom stereocenters. The number of amides is 1. The summed E-state index contributed by atoms with van der Waals surface area (Å²) in [5.41, 5.74) is 6.90. The van der Waals surface area contributed by atoms with Gasteiger partial charge >= 0.3 is 0 Å². The van der Waals surface area contributed by atoms with E-state index >= 15 is 0 Å². The Bertz CT molecular complexity index is 390. The summed E-state index contributed by atoms with van der Waals surface area (Å²) in [6.07, 6.45) is 0. The number of hydrogen-bond donors (Lipinski definition) is 1. The van der Waals surface area contributed by atoms with Crippen LogP contribution in [0.5, 0.6) is 0 Å². The van der Waals surface area contributed by atoms with E-state index in [4.69, 9.17) is 5.73 Å². The zero-order valence-electron chi connectivity index (χ0n) is 12.9. The number of rotatable bonds is 8. The Morgan fingerprint density at radius 1 is 1.20 bits per heavy atom. The van der Waals surface area contributed by atoms with Gasteiger partial charge < -0.3 is 10.6 Å². The minimum absolute atomic E-state index is 0.140. The first kappa shape index (κ1) is 16.7. The third-order valence-electron chi connectivity index (χ3n) is 3.63. The second-order valence-corrected chi connectivity index (χ2v) is 4.93. The molecule has 0 fully saturated rings. The first-order valence-corrected chi connectivity index (χ1v) is 7.40. The largest absolute Gasteiger partial charge is 0.342 e. The Morgan fingerprint density at radius 2 is 1.80 bits per heavy atom. The number of carbonyl (C=O) groups excluding carboxylic acids is 1. The average molecular weight is 277 g/mol. The lowest BCUT2D eigenvalue weighted by molar-refractivity contribution is -0.136. The van der Waals surface area contributed by atoms with E-state index in [-0.39, 0.29) is 11.9 Å². The van der Waals surface area contributed by atoms with Gasteiger partial charge in [-0.05, 0) is 26.3 Å². The van der Waals surface area contributed by atoms with E-state index in [0.717, 1.165) is 26.2 Å². The molecule has 0 bridgehead atoms. The van der Waals surface area contributed by atoms with Crippen molar-refractivity contribution in [1.82, 2.24) is 9.80 Å². The zero-order valence-corrected chi connectivity index (χ0v) is 12.9. The van der Waals surface area contributed by atoms with Crippen LogP contribution in [0.2, 0.25) is 0 Å². The fourth-order valence-corrected chi connectivity index (χ4v) is 2.35. The maximum Gasteiger partial charge on any atom is 0.239 e. The molecular formula is C16H27N3O. The SMILES string of the molecule is CCN(CC)C(=O)C(C)N(CCN)Cc1ccccc1. The van der Waals surface area contributed by atoms with E-state index in [0.29, 0.717) is 6.54 Å². The van der Waals surface area contributed by atoms with Gasteiger partial charge in [0.15, 0.2) is 0 Å². The van der Waals surface area contributed by atoms with Gasteiger partial charge in [-0.15, -0.1) is 0 Å². The minimum atomic E-state index is -0.140. The molecule has 2 N–H and O–H groups in total. The molecule has 0 heterocycles. The summed E-state index contributed by atoms with van der Waals surface area (Å²) in [5.74, 6) is 0.180. The quantitative estimate of drug-likeness (QED) is 0.787. The summed E-state index contributed by atoms with van der Waals surface area (Å²) in [4.78, 5) is 16.5. The molecule has 4 nitrogen and oxygen atoms in total. The summed E-state index contributed by atoms with van der Waals surface area (Å²) in [7, 11) is 0. The molecular weight excluding hydrogens is 250 g/mol. The molecule has 20 heavy (non-hydrogen) atoms. The lowest BCUT2D eigenvalue weighted by Gasteiger charge is -2.31. The molecule has 112 valence electrons. The van der Waals surface area contributed by atoms with Crippen molar-refractivity contribution >= 4 is 5.91 Å². The molecule has 1 atom stereocenters. The van der Waals surface area contributed by atoms with E-state index in [1.165, 1.54) is 5.56 Å². The van der Waals surface area contributed by atoms with Crippen LogP contribution >= 0.6 is 0 Å². The van der Waals surface area contributed by atoms with E-state index in [1.807, 2.05) is 43.9 Å². The first-order chi connectivity index (χ1) is 9.63. The van der Waals surface area contributed by atoms with Gasteiger partial charge in [-0.25, -0.2) is 0 Å². The molecule has 0 aliphatic carbocycles. The molecule has 4 heteroatoms. The zero-order chi connectivity index (χ0) is 15.0. The second kappa shape index (κ2) is 8.72. The third-order valence-corrected chi connectivity index (χ3v) is 3.63. The van der Waals surface area contributed by atoms with Crippen molar-refractivity contribution in [3.8, 4) is 0 Å². The van der Waals surface area contributed by atoms with Gasteiger partial charge in [-0.1, -0.05) is 30.3 Å². The van der Waals surface area contributed by atoms with Gasteiger partial charge in [-0.2, -0.15) is 0 Å². The molecule has 0 aliphatic rings. The number of likely N-dealkylation sites (N-methyl/N-ethyl adjacent to an activating group) is 1. The van der Waals surface area contributed by atoms with Gasteiger partial charge in [0.25, 0.3) is 0 Å². The lowest BCUT2D eigenvalue weighted by atomic mass is 10.1. The number of carbonyl (C=O) groups is 1. The van der Waals surface area contributed by atoms with Gasteiger partial charge in [0.1, 0.15) is 0 Å². The van der Waals surface area contributed by atoms with Crippen LogP contribution < -0.4 is 5.73 Å². The summed E-state index contributed by atoms with van der Waals surface area (Å²) in [5, 5.41) is 0. The maximum absolute atomic E-state index is 12.5. The summed E-state index contributed by atoms with van der Waals surface area (Å²) in [6, 6.07) is 10.1. The Kier molecular flexibility index (Phi) is 7.26. The highest BCUT2D eigenvalue weighted by atomic mass is 16.2. The van der Waals surface area contributed by atoms with Crippen molar-refractivity contribution in [2.45, 2.75) is 33.4 Å². The predicted molar refractivity (Wildman–Crippen MR) is 83.3 cm³/mol. The van der Waals surface area contributed by atoms with Crippen LogP contribution in [0.25, 0.3) is 0 Å². The summed E-state index contributed by atoms with van der Waals surface area (Å²) in [6.45, 7) is 9.54. The van der Waals surface area contributed by atoms with E-state index in [2.05, 4.69) is 17.0 Å². The van der Waals surface area contributed by atoms with Crippen molar-refractivity contribution < 1.29 is 4.79 Å². The van der Waals surface area contributed by atoms with Gasteiger partial charge in [-0.3, -0.25) is 9.69 Å². The highest BCUT2D eigenvalue weighted by Crippen LogP contribution is 2.10. The standard InChI is InChI=1S/C16H27N3O/c1-4-18(5-2)16(20)14(3)19(12-11-17)13-15-9-7-6-8-10-15/h6-10,14H,4-5,11-13,17H2,1-3H3. The highest BCUT2D eigenvalue weighted by molar-refractivity contribution is 5.81. The van der Waals surface area contributed by atoms with Crippen LogP contribution in [0.15, 0.2) is 30.3 Å². The predicted octanol–water partition coefficient (Wildman–Crippen LogP) is 1.70. The number of nitrogens with two attached hydrogens (primary N) is 1. The van der Waals surface area contributed by atoms with E-state index < -0.39 is 0 Å². The number of benzene rings is 1. The third kappa shape index (κ3) is 4.62. The Hall–Kier alpha value is -1.39. The van der Waals surface area contributed by atoms with Crippen molar-refractivity contribution in [2.24, 2.45) is 5.73 Å². The van der Waals surface area contributed by atoms with Gasteiger partial charge in [0, 0.05) is 32.7 Å². The Balaban J connectivity index is 2.76. The van der Waals surface area contributed by atoms with Crippen LogP contribution in [0.3, 0.4) is 0 Å². The molecule has 1 aromatic rings. The minimum Gasteiger partial charge on any atom is -0.342 e. The molecule has 0 spiro atoms. The van der Waals surface area contributed by atoms with Crippen LogP contribution in [-0.2, 0) is 11.3 Å². The molecule has 1 aromatic carbocycles. The fraction of sp³-hybridized carbons (Fsp3) is 0.562. The Labute approximate surface area is 122 Å². The van der Waals surface area contributed by atoms with Crippen molar-refractivity contribution in [3.05, 3.63) is 35.9 Å². The fourth-order valence-electron chi connectivity index (χ4n) is 2.35. The molecule has 0 aliphatic heterocycles. The molecule has 1 amide bonds. The molecule has 0 aromatic heterocycles. The van der Waals surface area contributed by atoms with Gasteiger partial charge in [0.2, 0.25) is 5.91 Å². The van der Waals surface area contributed by atoms with Crippen LogP contribution in [0, 0.1) is 0 Å². The van der Waals surface area contributed by atoms with Gasteiger partial charge in [0.05, 0.1) is 6.04 Å². The molecule has 1 rings (SSSR count). The van der Waals surface area contributed by atoms with E-state index in [9.17, 15) is 4.79 Å². The van der Waals surface area contributed by atoms with Crippen LogP contribution in [0.4, 0.5) is 0 Å². The number of hydrogen-bond acceptors (Lipinski definition) is 3. The van der Waals surface area contributed by atoms with Crippen molar-refractivity contribution in [3.63, 3.8) is 0 Å². The smallest absolute Gasteiger partial charge is 0.239 e. The maximum atomic E-state index is 12.5. The van der Waals surface area contributed by atoms with Crippen molar-refractivity contribution in [2.75, 3.05) is 26.2 Å². The monoisotopic (exact) mass is 277 g/mol. The first-order valence-electron chi connectivity index (χ1n) is 7.40. The molecule has 0 radical (unpaired) electrons. The summed E-state index contributed by atoms with van der Waals surface area (Å²) < 4.78 is 0.